The number of para-hydroxylation sites is 9. The molecule has 0 spiro atoms. The molecule has 6 nitrogen and oxygen atoms in total. The number of imidazole rings is 4. The Kier molecular flexibility index (Phi) is 8.37. The lowest BCUT2D eigenvalue weighted by atomic mass is 10.2. The van der Waals surface area contributed by atoms with Crippen LogP contribution in [0.3, 0.4) is 0 Å². The fraction of sp³-hybridized carbons (Fsp3) is 0. The molecule has 0 aliphatic heterocycles. The summed E-state index contributed by atoms with van der Waals surface area (Å²) in [6, 6.07) is 43.5. The van der Waals surface area contributed by atoms with E-state index >= 15 is 0 Å². The van der Waals surface area contributed by atoms with Crippen molar-refractivity contribution in [1.29, 1.82) is 0 Å². The number of nitrogens with one attached hydrogen (secondary N) is 1. The standard InChI is InChI=1S/C19H11BrClN3.C13H9N3.C6H3BrClF/c20-12-6-5-7-13(21)18(12)24-17-11-4-3-10-16(17)23-15-9-2-1-8-14(15)22-19(23)24;1-3-7-11-9(5-1)14-13-15-10-6-2-4-8-12(10)16(11)13;7-4-2-1-3-5(8)6(4)9/h1-11H;1-8H,(H,14,15);1-3H. The van der Waals surface area contributed by atoms with Gasteiger partial charge in [0.2, 0.25) is 11.6 Å². The number of aromatic amines is 1. The predicted octanol–water partition coefficient (Wildman–Crippen LogP) is 12.1. The summed E-state index contributed by atoms with van der Waals surface area (Å²) < 4.78 is 20.3. The topological polar surface area (TPSA) is 55.3 Å². The molecule has 240 valence electrons. The molecule has 0 saturated carbocycles. The summed E-state index contributed by atoms with van der Waals surface area (Å²) in [4.78, 5) is 12.7. The molecule has 10 rings (SSSR count). The van der Waals surface area contributed by atoms with E-state index in [1.54, 1.807) is 12.1 Å². The van der Waals surface area contributed by atoms with Gasteiger partial charge in [-0.1, -0.05) is 83.9 Å². The normalized spacial score (nSPS) is 11.4. The van der Waals surface area contributed by atoms with Crippen molar-refractivity contribution in [1.82, 2.24) is 28.3 Å². The van der Waals surface area contributed by atoms with Gasteiger partial charge >= 0.3 is 0 Å². The molecule has 0 radical (unpaired) electrons. The minimum absolute atomic E-state index is 0.143. The average molecular weight is 813 g/mol. The Hall–Kier alpha value is -4.67. The SMILES string of the molecule is Clc1cccc(Br)c1-n1c2ccccc2n2c3ccccc3nc12.Fc1c(Cl)cccc1Br.c1ccc2c(c1)nc1[nH]c3ccccc3n12. The van der Waals surface area contributed by atoms with Crippen LogP contribution in [0.5, 0.6) is 0 Å². The molecular weight excluding hydrogens is 790 g/mol. The highest BCUT2D eigenvalue weighted by molar-refractivity contribution is 9.10. The van der Waals surface area contributed by atoms with Gasteiger partial charge in [0.1, 0.15) is 0 Å². The molecule has 11 heteroatoms. The van der Waals surface area contributed by atoms with E-state index in [1.807, 2.05) is 78.9 Å². The van der Waals surface area contributed by atoms with Gasteiger partial charge in [0.05, 0.1) is 64.3 Å². The molecule has 0 aliphatic rings. The van der Waals surface area contributed by atoms with Crippen LogP contribution < -0.4 is 0 Å². The molecule has 0 unspecified atom stereocenters. The number of halogens is 5. The monoisotopic (exact) mass is 810 g/mol. The third kappa shape index (κ3) is 5.56. The van der Waals surface area contributed by atoms with E-state index < -0.39 is 5.82 Å². The van der Waals surface area contributed by atoms with Gasteiger partial charge in [-0.15, -0.1) is 0 Å². The van der Waals surface area contributed by atoms with Crippen LogP contribution in [0, 0.1) is 5.82 Å². The molecule has 0 fully saturated rings. The average Bonchev–Trinajstić information content (AvgIpc) is 3.85. The molecule has 0 atom stereocenters. The van der Waals surface area contributed by atoms with Gasteiger partial charge < -0.3 is 4.98 Å². The molecule has 10 aromatic rings. The van der Waals surface area contributed by atoms with Gasteiger partial charge in [-0.3, -0.25) is 13.4 Å². The van der Waals surface area contributed by atoms with Gasteiger partial charge in [-0.2, -0.15) is 0 Å². The summed E-state index contributed by atoms with van der Waals surface area (Å²) in [5.74, 6) is 1.35. The van der Waals surface area contributed by atoms with Crippen molar-refractivity contribution >= 4 is 111 Å². The van der Waals surface area contributed by atoms with Crippen molar-refractivity contribution < 1.29 is 4.39 Å². The molecule has 0 bridgehead atoms. The maximum atomic E-state index is 12.6. The zero-order valence-corrected chi connectivity index (χ0v) is 30.0. The summed E-state index contributed by atoms with van der Waals surface area (Å²) in [6.07, 6.45) is 0. The Morgan fingerprint density at radius 2 is 1.08 bits per heavy atom. The minimum atomic E-state index is -0.404. The summed E-state index contributed by atoms with van der Waals surface area (Å²) in [7, 11) is 0. The van der Waals surface area contributed by atoms with E-state index in [-0.39, 0.29) is 5.02 Å². The summed E-state index contributed by atoms with van der Waals surface area (Å²) >= 11 is 18.6. The van der Waals surface area contributed by atoms with Gasteiger partial charge in [0.15, 0.2) is 5.82 Å². The van der Waals surface area contributed by atoms with Crippen molar-refractivity contribution in [2.75, 3.05) is 0 Å². The fourth-order valence-electron chi connectivity index (χ4n) is 6.00. The van der Waals surface area contributed by atoms with Gasteiger partial charge in [-0.25, -0.2) is 14.4 Å². The molecule has 0 amide bonds. The second kappa shape index (κ2) is 13.0. The lowest BCUT2D eigenvalue weighted by molar-refractivity contribution is 0.621. The Morgan fingerprint density at radius 1 is 0.531 bits per heavy atom. The van der Waals surface area contributed by atoms with Crippen LogP contribution >= 0.6 is 55.1 Å². The van der Waals surface area contributed by atoms with Crippen LogP contribution in [0.25, 0.3) is 61.4 Å². The summed E-state index contributed by atoms with van der Waals surface area (Å²) in [5, 5.41) is 0.823. The van der Waals surface area contributed by atoms with E-state index in [2.05, 4.69) is 91.6 Å². The van der Waals surface area contributed by atoms with E-state index in [0.717, 1.165) is 60.3 Å². The first kappa shape index (κ1) is 31.6. The first-order valence-electron chi connectivity index (χ1n) is 15.1. The van der Waals surface area contributed by atoms with Crippen molar-refractivity contribution in [2.45, 2.75) is 0 Å². The fourth-order valence-corrected chi connectivity index (χ4v) is 7.57. The van der Waals surface area contributed by atoms with E-state index in [9.17, 15) is 4.39 Å². The first-order valence-corrected chi connectivity index (χ1v) is 17.5. The number of benzene rings is 6. The predicted molar refractivity (Wildman–Crippen MR) is 206 cm³/mol. The summed E-state index contributed by atoms with van der Waals surface area (Å²) in [6.45, 7) is 0. The van der Waals surface area contributed by atoms with Gasteiger partial charge in [0.25, 0.3) is 0 Å². The lowest BCUT2D eigenvalue weighted by Crippen LogP contribution is -1.97. The van der Waals surface area contributed by atoms with E-state index in [4.69, 9.17) is 28.2 Å². The van der Waals surface area contributed by atoms with Crippen LogP contribution in [-0.2, 0) is 0 Å². The van der Waals surface area contributed by atoms with Crippen LogP contribution in [0.2, 0.25) is 10.0 Å². The third-order valence-corrected chi connectivity index (χ3v) is 9.97. The second-order valence-corrected chi connectivity index (χ2v) is 13.6. The van der Waals surface area contributed by atoms with Crippen LogP contribution in [-0.4, -0.2) is 28.3 Å². The summed E-state index contributed by atoms with van der Waals surface area (Å²) in [5.41, 5.74) is 9.60. The molecule has 4 aromatic heterocycles. The maximum absolute atomic E-state index is 12.6. The maximum Gasteiger partial charge on any atom is 0.220 e. The second-order valence-electron chi connectivity index (χ2n) is 11.1. The largest absolute Gasteiger partial charge is 0.323 e. The molecule has 0 aliphatic carbocycles. The Labute approximate surface area is 305 Å². The smallest absolute Gasteiger partial charge is 0.220 e. The number of hydrogen-bond donors (Lipinski definition) is 1. The quantitative estimate of drug-likeness (QED) is 0.168. The van der Waals surface area contributed by atoms with Crippen LogP contribution in [0.15, 0.2) is 142 Å². The van der Waals surface area contributed by atoms with Crippen LogP contribution in [0.1, 0.15) is 0 Å². The highest BCUT2D eigenvalue weighted by Gasteiger charge is 2.19. The van der Waals surface area contributed by atoms with Crippen molar-refractivity contribution in [3.8, 4) is 5.69 Å². The van der Waals surface area contributed by atoms with E-state index in [1.165, 1.54) is 11.6 Å². The number of rotatable bonds is 1. The molecule has 0 saturated heterocycles. The Balaban J connectivity index is 0.000000120. The number of H-pyrrole nitrogens is 1. The minimum Gasteiger partial charge on any atom is -0.323 e. The van der Waals surface area contributed by atoms with Gasteiger partial charge in [0, 0.05) is 4.47 Å². The Morgan fingerprint density at radius 3 is 1.76 bits per heavy atom. The third-order valence-electron chi connectivity index (χ3n) is 8.12. The van der Waals surface area contributed by atoms with Crippen molar-refractivity contribution in [3.05, 3.63) is 158 Å². The molecular formula is C38H23Br2Cl2FN6. The van der Waals surface area contributed by atoms with Crippen LogP contribution in [0.4, 0.5) is 4.39 Å². The number of fused-ring (bicyclic) bond motifs is 10. The van der Waals surface area contributed by atoms with E-state index in [0.29, 0.717) is 9.50 Å². The lowest BCUT2D eigenvalue weighted by Gasteiger charge is -2.09. The highest BCUT2D eigenvalue weighted by Crippen LogP contribution is 2.35. The zero-order valence-electron chi connectivity index (χ0n) is 25.3. The van der Waals surface area contributed by atoms with Gasteiger partial charge in [-0.05, 0) is 105 Å². The first-order chi connectivity index (χ1) is 23.9. The Bertz CT molecular complexity index is 2710. The number of aromatic nitrogens is 6. The van der Waals surface area contributed by atoms with Crippen molar-refractivity contribution in [2.24, 2.45) is 0 Å². The number of nitrogens with zero attached hydrogens (tertiary/aromatic N) is 5. The molecule has 4 heterocycles. The highest BCUT2D eigenvalue weighted by atomic mass is 79.9. The molecule has 6 aromatic carbocycles. The number of hydrogen-bond acceptors (Lipinski definition) is 2. The zero-order chi connectivity index (χ0) is 33.6. The van der Waals surface area contributed by atoms with Crippen molar-refractivity contribution in [3.63, 3.8) is 0 Å². The molecule has 1 N–H and O–H groups in total. The molecule has 49 heavy (non-hydrogen) atoms.